The van der Waals surface area contributed by atoms with E-state index in [1.54, 1.807) is 11.0 Å². The fraction of sp³-hybridized carbons (Fsp3) is 0.312. The van der Waals surface area contributed by atoms with Crippen LogP contribution in [0.25, 0.3) is 0 Å². The molecule has 0 radical (unpaired) electrons. The Bertz CT molecular complexity index is 726. The van der Waals surface area contributed by atoms with Gasteiger partial charge in [-0.3, -0.25) is 14.3 Å². The first-order valence-electron chi connectivity index (χ1n) is 7.76. The first-order valence-corrected chi connectivity index (χ1v) is 7.76. The summed E-state index contributed by atoms with van der Waals surface area (Å²) in [5.74, 6) is -0.431. The Morgan fingerprint density at radius 2 is 2.12 bits per heavy atom. The topological polar surface area (TPSA) is 101 Å². The highest BCUT2D eigenvalue weighted by Crippen LogP contribution is 2.17. The molecule has 2 heterocycles. The number of carbonyl (C=O) groups is 2. The largest absolute Gasteiger partial charge is 0.344 e. The van der Waals surface area contributed by atoms with Crippen LogP contribution < -0.4 is 10.7 Å². The number of carbonyl (C=O) groups excluding carboxylic acids is 2. The summed E-state index contributed by atoms with van der Waals surface area (Å²) >= 11 is 0. The van der Waals surface area contributed by atoms with E-state index in [4.69, 9.17) is 0 Å². The summed E-state index contributed by atoms with van der Waals surface area (Å²) in [6.07, 6.45) is 4.42. The Morgan fingerprint density at radius 1 is 1.29 bits per heavy atom. The van der Waals surface area contributed by atoms with Crippen molar-refractivity contribution in [3.8, 4) is 0 Å². The van der Waals surface area contributed by atoms with Gasteiger partial charge in [0.25, 0.3) is 5.91 Å². The summed E-state index contributed by atoms with van der Waals surface area (Å²) < 4.78 is 1.72. The van der Waals surface area contributed by atoms with Crippen molar-refractivity contribution >= 4 is 17.5 Å². The van der Waals surface area contributed by atoms with E-state index < -0.39 is 0 Å². The second kappa shape index (κ2) is 7.49. The lowest BCUT2D eigenvalue weighted by atomic mass is 10.0. The average molecular weight is 326 g/mol. The van der Waals surface area contributed by atoms with E-state index in [1.165, 1.54) is 6.33 Å². The van der Waals surface area contributed by atoms with E-state index in [0.717, 1.165) is 5.56 Å². The van der Waals surface area contributed by atoms with Gasteiger partial charge in [-0.1, -0.05) is 30.3 Å². The summed E-state index contributed by atoms with van der Waals surface area (Å²) in [5.41, 5.74) is 3.70. The van der Waals surface area contributed by atoms with Gasteiger partial charge in [0, 0.05) is 19.4 Å². The highest BCUT2D eigenvalue weighted by atomic mass is 16.2. The number of nitrogens with one attached hydrogen (secondary N) is 2. The maximum atomic E-state index is 12.4. The second-order valence-corrected chi connectivity index (χ2v) is 5.48. The SMILES string of the molecule is O=C1CCC(C(=O)N[C@H](CCn2cncn2)c2ccccc2)=NN1. The van der Waals surface area contributed by atoms with Gasteiger partial charge >= 0.3 is 0 Å². The van der Waals surface area contributed by atoms with Crippen molar-refractivity contribution in [2.45, 2.75) is 31.8 Å². The number of nitrogens with zero attached hydrogens (tertiary/aromatic N) is 4. The molecule has 0 aliphatic carbocycles. The first-order chi connectivity index (χ1) is 11.7. The van der Waals surface area contributed by atoms with Crippen molar-refractivity contribution in [1.29, 1.82) is 0 Å². The van der Waals surface area contributed by atoms with Crippen LogP contribution in [0.2, 0.25) is 0 Å². The van der Waals surface area contributed by atoms with Gasteiger partial charge < -0.3 is 5.32 Å². The zero-order valence-electron chi connectivity index (χ0n) is 13.1. The molecular weight excluding hydrogens is 308 g/mol. The molecule has 2 N–H and O–H groups in total. The Balaban J connectivity index is 1.69. The van der Waals surface area contributed by atoms with E-state index in [-0.39, 0.29) is 24.3 Å². The lowest BCUT2D eigenvalue weighted by molar-refractivity contribution is -0.121. The molecule has 1 aliphatic heterocycles. The molecule has 2 amide bonds. The number of hydrazone groups is 1. The van der Waals surface area contributed by atoms with Crippen molar-refractivity contribution in [2.24, 2.45) is 5.10 Å². The van der Waals surface area contributed by atoms with E-state index in [2.05, 4.69) is 25.9 Å². The fourth-order valence-corrected chi connectivity index (χ4v) is 2.50. The monoisotopic (exact) mass is 326 g/mol. The van der Waals surface area contributed by atoms with Gasteiger partial charge in [-0.2, -0.15) is 10.2 Å². The van der Waals surface area contributed by atoms with Crippen LogP contribution in [0.15, 0.2) is 48.1 Å². The minimum absolute atomic E-state index is 0.169. The molecule has 0 unspecified atom stereocenters. The molecule has 8 nitrogen and oxygen atoms in total. The number of benzene rings is 1. The van der Waals surface area contributed by atoms with Gasteiger partial charge in [0.1, 0.15) is 18.4 Å². The molecule has 1 aromatic heterocycles. The standard InChI is InChI=1S/C16H18N6O2/c23-15-7-6-14(20-21-15)16(24)19-13(12-4-2-1-3-5-12)8-9-22-11-17-10-18-22/h1-5,10-11,13H,6-9H2,(H,19,24)(H,21,23)/t13-/m1/s1. The van der Waals surface area contributed by atoms with Crippen LogP contribution in [0, 0.1) is 0 Å². The maximum absolute atomic E-state index is 12.4. The van der Waals surface area contributed by atoms with Gasteiger partial charge in [-0.05, 0) is 12.0 Å². The lowest BCUT2D eigenvalue weighted by Gasteiger charge is -2.20. The van der Waals surface area contributed by atoms with Crippen molar-refractivity contribution in [3.63, 3.8) is 0 Å². The molecular formula is C16H18N6O2. The average Bonchev–Trinajstić information content (AvgIpc) is 3.13. The molecule has 1 aromatic carbocycles. The third-order valence-corrected chi connectivity index (χ3v) is 3.79. The smallest absolute Gasteiger partial charge is 0.267 e. The molecule has 2 aromatic rings. The van der Waals surface area contributed by atoms with E-state index in [1.807, 2.05) is 30.3 Å². The normalized spacial score (nSPS) is 15.3. The number of aromatic nitrogens is 3. The van der Waals surface area contributed by atoms with Crippen molar-refractivity contribution in [2.75, 3.05) is 0 Å². The molecule has 3 rings (SSSR count). The Kier molecular flexibility index (Phi) is 4.95. The molecule has 1 atom stereocenters. The highest BCUT2D eigenvalue weighted by molar-refractivity contribution is 6.39. The van der Waals surface area contributed by atoms with Gasteiger partial charge in [0.2, 0.25) is 5.91 Å². The zero-order chi connectivity index (χ0) is 16.8. The van der Waals surface area contributed by atoms with Crippen LogP contribution >= 0.6 is 0 Å². The maximum Gasteiger partial charge on any atom is 0.267 e. The van der Waals surface area contributed by atoms with E-state index >= 15 is 0 Å². The van der Waals surface area contributed by atoms with Crippen molar-refractivity contribution < 1.29 is 9.59 Å². The Morgan fingerprint density at radius 3 is 2.79 bits per heavy atom. The quantitative estimate of drug-likeness (QED) is 0.819. The molecule has 0 spiro atoms. The van der Waals surface area contributed by atoms with Gasteiger partial charge in [0.15, 0.2) is 0 Å². The summed E-state index contributed by atoms with van der Waals surface area (Å²) in [5, 5.41) is 10.9. The predicted molar refractivity (Wildman–Crippen MR) is 86.8 cm³/mol. The van der Waals surface area contributed by atoms with Crippen LogP contribution in [0.4, 0.5) is 0 Å². The number of hydrogen-bond donors (Lipinski definition) is 2. The Labute approximate surface area is 139 Å². The van der Waals surface area contributed by atoms with Gasteiger partial charge in [0.05, 0.1) is 6.04 Å². The van der Waals surface area contributed by atoms with Crippen LogP contribution in [0.3, 0.4) is 0 Å². The van der Waals surface area contributed by atoms with E-state index in [0.29, 0.717) is 25.1 Å². The third-order valence-electron chi connectivity index (χ3n) is 3.79. The van der Waals surface area contributed by atoms with Crippen molar-refractivity contribution in [1.82, 2.24) is 25.5 Å². The van der Waals surface area contributed by atoms with Crippen molar-refractivity contribution in [3.05, 3.63) is 48.5 Å². The van der Waals surface area contributed by atoms with Crippen LogP contribution in [-0.2, 0) is 16.1 Å². The lowest BCUT2D eigenvalue weighted by Crippen LogP contribution is -2.39. The number of amides is 2. The number of rotatable bonds is 6. The molecule has 8 heteroatoms. The minimum atomic E-state index is -0.262. The highest BCUT2D eigenvalue weighted by Gasteiger charge is 2.22. The molecule has 0 saturated heterocycles. The number of aryl methyl sites for hydroxylation is 1. The van der Waals surface area contributed by atoms with Crippen LogP contribution in [0.1, 0.15) is 30.9 Å². The number of hydrogen-bond acceptors (Lipinski definition) is 5. The van der Waals surface area contributed by atoms with Crippen LogP contribution in [0.5, 0.6) is 0 Å². The Hall–Kier alpha value is -3.03. The fourth-order valence-electron chi connectivity index (χ4n) is 2.50. The van der Waals surface area contributed by atoms with E-state index in [9.17, 15) is 9.59 Å². The second-order valence-electron chi connectivity index (χ2n) is 5.48. The molecule has 24 heavy (non-hydrogen) atoms. The van der Waals surface area contributed by atoms with Gasteiger partial charge in [-0.15, -0.1) is 0 Å². The predicted octanol–water partition coefficient (Wildman–Crippen LogP) is 0.792. The summed E-state index contributed by atoms with van der Waals surface area (Å²) in [7, 11) is 0. The molecule has 124 valence electrons. The minimum Gasteiger partial charge on any atom is -0.344 e. The third kappa shape index (κ3) is 4.03. The summed E-state index contributed by atoms with van der Waals surface area (Å²) in [6.45, 7) is 0.628. The molecule has 1 aliphatic rings. The van der Waals surface area contributed by atoms with Crippen LogP contribution in [-0.4, -0.2) is 32.3 Å². The van der Waals surface area contributed by atoms with Gasteiger partial charge in [-0.25, -0.2) is 10.4 Å². The summed E-state index contributed by atoms with van der Waals surface area (Å²) in [6, 6.07) is 9.56. The molecule has 0 bridgehead atoms. The first kappa shape index (κ1) is 15.9. The molecule has 0 saturated carbocycles. The summed E-state index contributed by atoms with van der Waals surface area (Å²) in [4.78, 5) is 27.5. The zero-order valence-corrected chi connectivity index (χ0v) is 13.1. The molecule has 0 fully saturated rings.